The van der Waals surface area contributed by atoms with Gasteiger partial charge in [-0.05, 0) is 26.4 Å². The highest BCUT2D eigenvalue weighted by Gasteiger charge is 2.38. The largest absolute Gasteiger partial charge is 0.494 e. The number of hydrogen-bond acceptors (Lipinski definition) is 5. The molecule has 18 heavy (non-hydrogen) atoms. The smallest absolute Gasteiger partial charge is 0.453 e. The van der Waals surface area contributed by atoms with Gasteiger partial charge in [0, 0.05) is 6.07 Å². The molecule has 0 N–H and O–H groups in total. The number of rotatable bonds is 2. The zero-order chi connectivity index (χ0) is 13.3. The molecule has 0 amide bonds. The molecule has 0 saturated heterocycles. The molecule has 0 bridgehead atoms. The summed E-state index contributed by atoms with van der Waals surface area (Å²) in [5.74, 6) is -0.954. The number of halogens is 4. The van der Waals surface area contributed by atoms with E-state index >= 15 is 0 Å². The van der Waals surface area contributed by atoms with E-state index in [4.69, 9.17) is 4.74 Å². The molecule has 0 aliphatic carbocycles. The molecule has 0 saturated carbocycles. The maximum atomic E-state index is 12.6. The molecule has 2 aromatic rings. The van der Waals surface area contributed by atoms with Crippen LogP contribution in [0, 0.1) is 0 Å². The highest BCUT2D eigenvalue weighted by atomic mass is 79.9. The SMILES string of the molecule is COc1cc(-n2nnnc2C(F)(F)F)cnc1Br. The van der Waals surface area contributed by atoms with Crippen molar-refractivity contribution in [3.8, 4) is 11.4 Å². The summed E-state index contributed by atoms with van der Waals surface area (Å²) in [5.41, 5.74) is 0.0485. The van der Waals surface area contributed by atoms with Crippen LogP contribution in [0.2, 0.25) is 0 Å². The highest BCUT2D eigenvalue weighted by molar-refractivity contribution is 9.10. The monoisotopic (exact) mass is 323 g/mol. The van der Waals surface area contributed by atoms with E-state index in [9.17, 15) is 13.2 Å². The first-order chi connectivity index (χ1) is 8.43. The van der Waals surface area contributed by atoms with E-state index < -0.39 is 12.0 Å². The van der Waals surface area contributed by atoms with Crippen molar-refractivity contribution in [1.29, 1.82) is 0 Å². The molecule has 0 radical (unpaired) electrons. The van der Waals surface area contributed by atoms with Gasteiger partial charge < -0.3 is 4.74 Å². The summed E-state index contributed by atoms with van der Waals surface area (Å²) in [5, 5.41) is 9.23. The van der Waals surface area contributed by atoms with E-state index in [-0.39, 0.29) is 11.4 Å². The molecule has 0 fully saturated rings. The molecular weight excluding hydrogens is 319 g/mol. The van der Waals surface area contributed by atoms with E-state index in [0.29, 0.717) is 9.28 Å². The molecule has 2 heterocycles. The molecular formula is C8H5BrF3N5O. The Labute approximate surface area is 107 Å². The summed E-state index contributed by atoms with van der Waals surface area (Å²) < 4.78 is 43.7. The third-order valence-electron chi connectivity index (χ3n) is 1.98. The van der Waals surface area contributed by atoms with Gasteiger partial charge in [0.2, 0.25) is 0 Å². The average Bonchev–Trinajstić information content (AvgIpc) is 2.78. The molecule has 6 nitrogen and oxygen atoms in total. The van der Waals surface area contributed by atoms with Crippen LogP contribution < -0.4 is 4.74 Å². The molecule has 0 atom stereocenters. The second kappa shape index (κ2) is 4.52. The number of methoxy groups -OCH3 is 1. The summed E-state index contributed by atoms with van der Waals surface area (Å²) >= 11 is 3.09. The van der Waals surface area contributed by atoms with Crippen molar-refractivity contribution in [1.82, 2.24) is 25.2 Å². The summed E-state index contributed by atoms with van der Waals surface area (Å²) in [7, 11) is 1.37. The predicted octanol–water partition coefficient (Wildman–Crippen LogP) is 1.85. The zero-order valence-electron chi connectivity index (χ0n) is 8.81. The van der Waals surface area contributed by atoms with Gasteiger partial charge in [-0.15, -0.1) is 5.10 Å². The quantitative estimate of drug-likeness (QED) is 0.789. The predicted molar refractivity (Wildman–Crippen MR) is 56.2 cm³/mol. The number of hydrogen-bond donors (Lipinski definition) is 0. The Hall–Kier alpha value is -1.71. The van der Waals surface area contributed by atoms with Crippen LogP contribution in [-0.2, 0) is 6.18 Å². The number of pyridine rings is 1. The first-order valence-electron chi connectivity index (χ1n) is 4.49. The van der Waals surface area contributed by atoms with Crippen LogP contribution in [0.25, 0.3) is 5.69 Å². The first-order valence-corrected chi connectivity index (χ1v) is 5.28. The Morgan fingerprint density at radius 3 is 2.72 bits per heavy atom. The fraction of sp³-hybridized carbons (Fsp3) is 0.250. The lowest BCUT2D eigenvalue weighted by molar-refractivity contribution is -0.146. The minimum Gasteiger partial charge on any atom is -0.494 e. The summed E-state index contributed by atoms with van der Waals surface area (Å²) in [6.07, 6.45) is -3.46. The lowest BCUT2D eigenvalue weighted by Crippen LogP contribution is -2.15. The van der Waals surface area contributed by atoms with Gasteiger partial charge in [-0.1, -0.05) is 0 Å². The maximum absolute atomic E-state index is 12.6. The Morgan fingerprint density at radius 1 is 1.39 bits per heavy atom. The molecule has 0 unspecified atom stereocenters. The van der Waals surface area contributed by atoms with E-state index in [1.807, 2.05) is 0 Å². The van der Waals surface area contributed by atoms with Gasteiger partial charge in [-0.3, -0.25) is 0 Å². The zero-order valence-corrected chi connectivity index (χ0v) is 10.4. The number of nitrogens with zero attached hydrogens (tertiary/aromatic N) is 5. The minimum atomic E-state index is -4.65. The van der Waals surface area contributed by atoms with Gasteiger partial charge in [-0.2, -0.15) is 17.9 Å². The summed E-state index contributed by atoms with van der Waals surface area (Å²) in [4.78, 5) is 3.84. The van der Waals surface area contributed by atoms with Gasteiger partial charge in [-0.25, -0.2) is 4.98 Å². The van der Waals surface area contributed by atoms with Crippen LogP contribution in [0.1, 0.15) is 5.82 Å². The van der Waals surface area contributed by atoms with Crippen molar-refractivity contribution in [3.05, 3.63) is 22.7 Å². The van der Waals surface area contributed by atoms with Crippen LogP contribution in [-0.4, -0.2) is 32.3 Å². The average molecular weight is 324 g/mol. The fourth-order valence-corrected chi connectivity index (χ4v) is 1.59. The van der Waals surface area contributed by atoms with Crippen LogP contribution in [0.15, 0.2) is 16.9 Å². The molecule has 2 aromatic heterocycles. The normalized spacial score (nSPS) is 11.6. The standard InChI is InChI=1S/C8H5BrF3N5O/c1-18-5-2-4(3-13-6(5)9)17-7(8(10,11)12)14-15-16-17/h2-3H,1H3. The van der Waals surface area contributed by atoms with Gasteiger partial charge >= 0.3 is 6.18 Å². The lowest BCUT2D eigenvalue weighted by Gasteiger charge is -2.08. The second-order valence-electron chi connectivity index (χ2n) is 3.10. The van der Waals surface area contributed by atoms with Gasteiger partial charge in [0.1, 0.15) is 4.60 Å². The molecule has 96 valence electrons. The molecule has 0 aromatic carbocycles. The van der Waals surface area contributed by atoms with Gasteiger partial charge in [0.05, 0.1) is 19.0 Å². The third-order valence-corrected chi connectivity index (χ3v) is 2.58. The van der Waals surface area contributed by atoms with Crippen molar-refractivity contribution in [2.45, 2.75) is 6.18 Å². The lowest BCUT2D eigenvalue weighted by atomic mass is 10.4. The molecule has 0 aliphatic heterocycles. The first kappa shape index (κ1) is 12.7. The molecule has 2 rings (SSSR count). The van der Waals surface area contributed by atoms with E-state index in [0.717, 1.165) is 0 Å². The van der Waals surface area contributed by atoms with Gasteiger partial charge in [0.15, 0.2) is 5.75 Å². The number of tetrazole rings is 1. The Bertz CT molecular complexity index is 570. The molecule has 0 aliphatic rings. The number of alkyl halides is 3. The topological polar surface area (TPSA) is 65.7 Å². The molecule has 10 heteroatoms. The van der Waals surface area contributed by atoms with E-state index in [2.05, 4.69) is 36.4 Å². The van der Waals surface area contributed by atoms with Crippen LogP contribution in [0.3, 0.4) is 0 Å². The van der Waals surface area contributed by atoms with Crippen LogP contribution in [0.4, 0.5) is 13.2 Å². The number of ether oxygens (including phenoxy) is 1. The van der Waals surface area contributed by atoms with Crippen molar-refractivity contribution >= 4 is 15.9 Å². The second-order valence-corrected chi connectivity index (χ2v) is 3.85. The van der Waals surface area contributed by atoms with Crippen molar-refractivity contribution < 1.29 is 17.9 Å². The number of aromatic nitrogens is 5. The molecule has 0 spiro atoms. The third kappa shape index (κ3) is 2.28. The fourth-order valence-electron chi connectivity index (χ4n) is 1.21. The summed E-state index contributed by atoms with van der Waals surface area (Å²) in [6.45, 7) is 0. The maximum Gasteiger partial charge on any atom is 0.453 e. The Balaban J connectivity index is 2.53. The Morgan fingerprint density at radius 2 is 2.11 bits per heavy atom. The van der Waals surface area contributed by atoms with Crippen molar-refractivity contribution in [2.75, 3.05) is 7.11 Å². The van der Waals surface area contributed by atoms with E-state index in [1.54, 1.807) is 0 Å². The van der Waals surface area contributed by atoms with Crippen molar-refractivity contribution in [2.24, 2.45) is 0 Å². The Kier molecular flexibility index (Phi) is 3.20. The van der Waals surface area contributed by atoms with E-state index in [1.165, 1.54) is 19.4 Å². The summed E-state index contributed by atoms with van der Waals surface area (Å²) in [6, 6.07) is 1.34. The van der Waals surface area contributed by atoms with Crippen LogP contribution in [0.5, 0.6) is 5.75 Å². The highest BCUT2D eigenvalue weighted by Crippen LogP contribution is 2.30. The van der Waals surface area contributed by atoms with Crippen molar-refractivity contribution in [3.63, 3.8) is 0 Å². The van der Waals surface area contributed by atoms with Gasteiger partial charge in [0.25, 0.3) is 5.82 Å². The minimum absolute atomic E-state index is 0.0485. The van der Waals surface area contributed by atoms with Crippen LogP contribution >= 0.6 is 15.9 Å².